The predicted molar refractivity (Wildman–Crippen MR) is 123 cm³/mol. The van der Waals surface area contributed by atoms with Gasteiger partial charge in [0.1, 0.15) is 18.1 Å². The number of nitro benzene ring substituents is 1. The fourth-order valence-corrected chi connectivity index (χ4v) is 3.19. The van der Waals surface area contributed by atoms with Crippen molar-refractivity contribution >= 4 is 28.7 Å². The highest BCUT2D eigenvalue weighted by Crippen LogP contribution is 2.20. The van der Waals surface area contributed by atoms with E-state index in [0.717, 1.165) is 5.75 Å². The standard InChI is InChI=1S/C23H25N3O9/c1-2-32-17-6-8-18(9-7-17)33-13-11-24-21(27)15-34-22(28)4-3-12-25-19-10-5-16(26(30)31)14-20(19)35-23(25)29/h5-10,14H,2-4,11-13,15H2,1H3,(H,24,27). The first-order valence-corrected chi connectivity index (χ1v) is 10.9. The number of hydrogen-bond donors (Lipinski definition) is 1. The molecule has 0 saturated carbocycles. The molecule has 0 bridgehead atoms. The lowest BCUT2D eigenvalue weighted by atomic mass is 10.2. The van der Waals surface area contributed by atoms with E-state index in [-0.39, 0.29) is 43.8 Å². The van der Waals surface area contributed by atoms with Crippen molar-refractivity contribution in [2.75, 3.05) is 26.4 Å². The zero-order valence-electron chi connectivity index (χ0n) is 19.1. The Morgan fingerprint density at radius 1 is 1.11 bits per heavy atom. The third kappa shape index (κ3) is 7.32. The summed E-state index contributed by atoms with van der Waals surface area (Å²) in [5, 5.41) is 13.4. The number of carbonyl (C=O) groups excluding carboxylic acids is 2. The molecule has 12 heteroatoms. The van der Waals surface area contributed by atoms with Crippen LogP contribution in [-0.4, -0.2) is 47.7 Å². The number of benzene rings is 2. The number of oxazole rings is 1. The molecule has 0 radical (unpaired) electrons. The number of nitrogens with zero attached hydrogens (tertiary/aromatic N) is 2. The number of esters is 1. The van der Waals surface area contributed by atoms with Crippen LogP contribution in [0, 0.1) is 10.1 Å². The van der Waals surface area contributed by atoms with Gasteiger partial charge in [0.15, 0.2) is 12.2 Å². The Hall–Kier alpha value is -4.35. The van der Waals surface area contributed by atoms with E-state index in [0.29, 0.717) is 17.9 Å². The third-order valence-electron chi connectivity index (χ3n) is 4.82. The van der Waals surface area contributed by atoms with Crippen molar-refractivity contribution in [3.05, 3.63) is 63.1 Å². The van der Waals surface area contributed by atoms with Crippen molar-refractivity contribution in [2.45, 2.75) is 26.3 Å². The number of aryl methyl sites for hydroxylation is 1. The molecule has 0 aliphatic heterocycles. The van der Waals surface area contributed by atoms with Gasteiger partial charge in [0.05, 0.1) is 29.7 Å². The van der Waals surface area contributed by atoms with E-state index in [4.69, 9.17) is 18.6 Å². The first-order valence-electron chi connectivity index (χ1n) is 10.9. The first kappa shape index (κ1) is 25.3. The molecule has 2 aromatic carbocycles. The summed E-state index contributed by atoms with van der Waals surface area (Å²) in [4.78, 5) is 46.0. The Kier molecular flexibility index (Phi) is 8.82. The van der Waals surface area contributed by atoms with Crippen LogP contribution in [0.2, 0.25) is 0 Å². The summed E-state index contributed by atoms with van der Waals surface area (Å²) < 4.78 is 22.1. The van der Waals surface area contributed by atoms with Crippen LogP contribution in [0.1, 0.15) is 19.8 Å². The molecule has 1 heterocycles. The molecule has 3 rings (SSSR count). The molecule has 1 N–H and O–H groups in total. The summed E-state index contributed by atoms with van der Waals surface area (Å²) in [7, 11) is 0. The van der Waals surface area contributed by atoms with Crippen molar-refractivity contribution in [2.24, 2.45) is 0 Å². The minimum atomic E-state index is -0.680. The number of amides is 1. The summed E-state index contributed by atoms with van der Waals surface area (Å²) in [5.41, 5.74) is 0.290. The lowest BCUT2D eigenvalue weighted by Gasteiger charge is -2.09. The molecule has 0 unspecified atom stereocenters. The van der Waals surface area contributed by atoms with Gasteiger partial charge in [-0.3, -0.25) is 24.3 Å². The average molecular weight is 487 g/mol. The van der Waals surface area contributed by atoms with Gasteiger partial charge in [0.25, 0.3) is 11.6 Å². The molecule has 0 aliphatic carbocycles. The third-order valence-corrected chi connectivity index (χ3v) is 4.82. The molecule has 0 spiro atoms. The highest BCUT2D eigenvalue weighted by molar-refractivity contribution is 5.80. The zero-order valence-corrected chi connectivity index (χ0v) is 19.1. The van der Waals surface area contributed by atoms with Crippen LogP contribution in [0.3, 0.4) is 0 Å². The summed E-state index contributed by atoms with van der Waals surface area (Å²) in [6, 6.07) is 11.0. The van der Waals surface area contributed by atoms with Gasteiger partial charge >= 0.3 is 11.7 Å². The largest absolute Gasteiger partial charge is 0.494 e. The molecule has 12 nitrogen and oxygen atoms in total. The fourth-order valence-electron chi connectivity index (χ4n) is 3.19. The summed E-state index contributed by atoms with van der Waals surface area (Å²) >= 11 is 0. The van der Waals surface area contributed by atoms with Gasteiger partial charge in [0, 0.05) is 19.0 Å². The number of aromatic nitrogens is 1. The Balaban J connectivity index is 1.33. The molecule has 186 valence electrons. The van der Waals surface area contributed by atoms with Crippen molar-refractivity contribution in [1.29, 1.82) is 0 Å². The van der Waals surface area contributed by atoms with E-state index in [9.17, 15) is 24.5 Å². The van der Waals surface area contributed by atoms with Crippen molar-refractivity contribution in [1.82, 2.24) is 9.88 Å². The van der Waals surface area contributed by atoms with Gasteiger partial charge in [-0.25, -0.2) is 4.79 Å². The minimum Gasteiger partial charge on any atom is -0.494 e. The van der Waals surface area contributed by atoms with Gasteiger partial charge in [0.2, 0.25) is 0 Å². The van der Waals surface area contributed by atoms with Crippen LogP contribution in [0.15, 0.2) is 51.7 Å². The minimum absolute atomic E-state index is 0.0276. The molecule has 0 aliphatic rings. The molecule has 0 saturated heterocycles. The van der Waals surface area contributed by atoms with Crippen molar-refractivity contribution in [3.8, 4) is 11.5 Å². The first-order chi connectivity index (χ1) is 16.9. The van der Waals surface area contributed by atoms with Crippen LogP contribution in [-0.2, 0) is 20.9 Å². The lowest BCUT2D eigenvalue weighted by molar-refractivity contribution is -0.384. The van der Waals surface area contributed by atoms with Crippen LogP contribution in [0.25, 0.3) is 11.1 Å². The van der Waals surface area contributed by atoms with E-state index >= 15 is 0 Å². The summed E-state index contributed by atoms with van der Waals surface area (Å²) in [6.07, 6.45) is 0.224. The second kappa shape index (κ2) is 12.2. The number of ether oxygens (including phenoxy) is 3. The van der Waals surface area contributed by atoms with E-state index in [2.05, 4.69) is 5.32 Å². The second-order valence-electron chi connectivity index (χ2n) is 7.30. The number of carbonyl (C=O) groups is 2. The smallest absolute Gasteiger partial charge is 0.419 e. The summed E-state index contributed by atoms with van der Waals surface area (Å²) in [6.45, 7) is 2.66. The maximum absolute atomic E-state index is 12.0. The number of nitro groups is 1. The number of rotatable bonds is 13. The van der Waals surface area contributed by atoms with E-state index < -0.39 is 29.2 Å². The van der Waals surface area contributed by atoms with Gasteiger partial charge in [-0.2, -0.15) is 0 Å². The monoisotopic (exact) mass is 487 g/mol. The Morgan fingerprint density at radius 2 is 1.83 bits per heavy atom. The Labute approximate surface area is 199 Å². The normalized spacial score (nSPS) is 10.7. The van der Waals surface area contributed by atoms with Gasteiger partial charge in [-0.05, 0) is 43.7 Å². The molecular formula is C23H25N3O9. The van der Waals surface area contributed by atoms with Crippen LogP contribution >= 0.6 is 0 Å². The van der Waals surface area contributed by atoms with E-state index in [1.807, 2.05) is 6.92 Å². The molecule has 1 amide bonds. The summed E-state index contributed by atoms with van der Waals surface area (Å²) in [5.74, 6) is -0.362. The number of nitrogens with one attached hydrogen (secondary N) is 1. The van der Waals surface area contributed by atoms with Crippen LogP contribution in [0.4, 0.5) is 5.69 Å². The fraction of sp³-hybridized carbons (Fsp3) is 0.348. The van der Waals surface area contributed by atoms with Crippen LogP contribution < -0.4 is 20.5 Å². The second-order valence-corrected chi connectivity index (χ2v) is 7.30. The molecule has 35 heavy (non-hydrogen) atoms. The molecule has 0 fully saturated rings. The van der Waals surface area contributed by atoms with Crippen molar-refractivity contribution in [3.63, 3.8) is 0 Å². The van der Waals surface area contributed by atoms with Gasteiger partial charge in [-0.1, -0.05) is 0 Å². The van der Waals surface area contributed by atoms with Crippen LogP contribution in [0.5, 0.6) is 11.5 Å². The predicted octanol–water partition coefficient (Wildman–Crippen LogP) is 2.42. The highest BCUT2D eigenvalue weighted by Gasteiger charge is 2.15. The maximum atomic E-state index is 12.0. The Morgan fingerprint density at radius 3 is 2.51 bits per heavy atom. The number of hydrogen-bond acceptors (Lipinski definition) is 9. The molecule has 3 aromatic rings. The number of fused-ring (bicyclic) bond motifs is 1. The number of non-ortho nitro benzene ring substituents is 1. The zero-order chi connectivity index (χ0) is 25.2. The van der Waals surface area contributed by atoms with Gasteiger partial charge in [-0.15, -0.1) is 0 Å². The molecular weight excluding hydrogens is 462 g/mol. The SMILES string of the molecule is CCOc1ccc(OCCNC(=O)COC(=O)CCCn2c(=O)oc3cc([N+](=O)[O-])ccc32)cc1. The lowest BCUT2D eigenvalue weighted by Crippen LogP contribution is -2.32. The van der Waals surface area contributed by atoms with Gasteiger partial charge < -0.3 is 23.9 Å². The molecule has 1 aromatic heterocycles. The average Bonchev–Trinajstić information content (AvgIpc) is 3.16. The maximum Gasteiger partial charge on any atom is 0.419 e. The quantitative estimate of drug-likeness (QED) is 0.166. The molecule has 0 atom stereocenters. The Bertz CT molecular complexity index is 1230. The van der Waals surface area contributed by atoms with E-state index in [1.54, 1.807) is 24.3 Å². The van der Waals surface area contributed by atoms with E-state index in [1.165, 1.54) is 22.8 Å². The van der Waals surface area contributed by atoms with Crippen molar-refractivity contribution < 1.29 is 33.1 Å². The highest BCUT2D eigenvalue weighted by atomic mass is 16.6. The topological polar surface area (TPSA) is 152 Å².